The van der Waals surface area contributed by atoms with Crippen molar-refractivity contribution in [2.75, 3.05) is 6.54 Å². The van der Waals surface area contributed by atoms with Gasteiger partial charge in [-0.1, -0.05) is 12.3 Å². The molecule has 1 aliphatic carbocycles. The van der Waals surface area contributed by atoms with Crippen molar-refractivity contribution >= 4 is 0 Å². The molecule has 0 saturated heterocycles. The van der Waals surface area contributed by atoms with Gasteiger partial charge in [0.2, 0.25) is 0 Å². The summed E-state index contributed by atoms with van der Waals surface area (Å²) in [4.78, 5) is 0. The average Bonchev–Trinajstić information content (AvgIpc) is 1.91. The normalized spacial score (nSPS) is 23.1. The molecule has 0 bridgehead atoms. The molecule has 0 spiro atoms. The minimum absolute atomic E-state index is 0. The largest absolute Gasteiger partial charge is 0.473 e. The van der Waals surface area contributed by atoms with Crippen LogP contribution in [0.4, 0.5) is 0 Å². The second-order valence-corrected chi connectivity index (χ2v) is 2.41. The Labute approximate surface area is 88.5 Å². The Kier molecular flexibility index (Phi) is 6.82. The van der Waals surface area contributed by atoms with Crippen LogP contribution in [0.5, 0.6) is 0 Å². The van der Waals surface area contributed by atoms with E-state index in [1.165, 1.54) is 12.8 Å². The first-order valence-electron chi connectivity index (χ1n) is 3.43. The van der Waals surface area contributed by atoms with Gasteiger partial charge in [-0.2, -0.15) is 0 Å². The van der Waals surface area contributed by atoms with Crippen LogP contribution in [0.3, 0.4) is 0 Å². The summed E-state index contributed by atoms with van der Waals surface area (Å²) in [6.45, 7) is 1.02. The van der Waals surface area contributed by atoms with Crippen molar-refractivity contribution in [3.63, 3.8) is 0 Å². The summed E-state index contributed by atoms with van der Waals surface area (Å²) in [6.07, 6.45) is 9.09. The quantitative estimate of drug-likeness (QED) is 0.684. The topological polar surface area (TPSA) is 12.0 Å². The van der Waals surface area contributed by atoms with Gasteiger partial charge >= 0.3 is 0 Å². The zero-order valence-electron chi connectivity index (χ0n) is 6.22. The molecule has 1 aliphatic rings. The molecule has 55 valence electrons. The summed E-state index contributed by atoms with van der Waals surface area (Å²) in [5, 5.41) is 2.92. The van der Waals surface area contributed by atoms with Crippen LogP contribution in [0.1, 0.15) is 12.8 Å². The first kappa shape index (κ1) is 10.7. The summed E-state index contributed by atoms with van der Waals surface area (Å²) in [5.74, 6) is 0.715. The van der Waals surface area contributed by atoms with Crippen molar-refractivity contribution in [3.05, 3.63) is 25.6 Å². The maximum Gasteiger partial charge on any atom is 0 e. The molecule has 0 aromatic carbocycles. The minimum Gasteiger partial charge on any atom is -0.473 e. The summed E-state index contributed by atoms with van der Waals surface area (Å²) in [5.41, 5.74) is 0. The Morgan fingerprint density at radius 1 is 1.70 bits per heavy atom. The molecule has 0 heterocycles. The fraction of sp³-hybridized carbons (Fsp3) is 0.500. The van der Waals surface area contributed by atoms with Crippen LogP contribution in [0.25, 0.3) is 0 Å². The maximum absolute atomic E-state index is 3.59. The predicted octanol–water partition coefficient (Wildman–Crippen LogP) is 1.54. The van der Waals surface area contributed by atoms with E-state index in [1.807, 2.05) is 0 Å². The molecule has 0 saturated carbocycles. The molecule has 1 unspecified atom stereocenters. The van der Waals surface area contributed by atoms with E-state index in [4.69, 9.17) is 0 Å². The van der Waals surface area contributed by atoms with Crippen LogP contribution < -0.4 is 5.32 Å². The van der Waals surface area contributed by atoms with Gasteiger partial charge in [0.05, 0.1) is 0 Å². The molecule has 1 rings (SSSR count). The van der Waals surface area contributed by atoms with Gasteiger partial charge < -0.3 is 5.32 Å². The average molecular weight is 212 g/mol. The molecular weight excluding hydrogens is 199 g/mol. The summed E-state index contributed by atoms with van der Waals surface area (Å²) in [6, 6.07) is 0. The Morgan fingerprint density at radius 3 is 3.00 bits per heavy atom. The van der Waals surface area contributed by atoms with E-state index in [-0.39, 0.29) is 32.7 Å². The SMILES string of the molecule is [CH2-]NCC1[CH-]C=CCC1.[Y]. The molecule has 1 N–H and O–H groups in total. The monoisotopic (exact) mass is 212 g/mol. The van der Waals surface area contributed by atoms with E-state index in [0.29, 0.717) is 5.92 Å². The van der Waals surface area contributed by atoms with E-state index >= 15 is 0 Å². The smallest absolute Gasteiger partial charge is 0 e. The van der Waals surface area contributed by atoms with Crippen LogP contribution in [0.15, 0.2) is 12.2 Å². The van der Waals surface area contributed by atoms with Crippen molar-refractivity contribution in [1.29, 1.82) is 0 Å². The van der Waals surface area contributed by atoms with E-state index < -0.39 is 0 Å². The fourth-order valence-corrected chi connectivity index (χ4v) is 1.09. The third-order valence-corrected chi connectivity index (χ3v) is 1.63. The molecule has 0 aromatic rings. The maximum atomic E-state index is 3.59. The van der Waals surface area contributed by atoms with Crippen molar-refractivity contribution in [2.45, 2.75) is 12.8 Å². The van der Waals surface area contributed by atoms with Crippen LogP contribution in [-0.4, -0.2) is 6.54 Å². The number of allylic oxidation sites excluding steroid dienone is 2. The van der Waals surface area contributed by atoms with Gasteiger partial charge in [-0.3, -0.25) is 7.05 Å². The third kappa shape index (κ3) is 3.75. The van der Waals surface area contributed by atoms with Gasteiger partial charge in [0.1, 0.15) is 0 Å². The third-order valence-electron chi connectivity index (χ3n) is 1.63. The first-order valence-corrected chi connectivity index (χ1v) is 3.43. The van der Waals surface area contributed by atoms with Crippen LogP contribution >= 0.6 is 0 Å². The Hall–Kier alpha value is 0.674. The zero-order valence-corrected chi connectivity index (χ0v) is 9.05. The van der Waals surface area contributed by atoms with Gasteiger partial charge in [0.25, 0.3) is 0 Å². The standard InChI is InChI=1S/C8H13N.Y/c1-9-7-8-5-3-2-4-6-8;/h2-3,5,8-9H,1,4,6-7H2;/q-2;. The molecule has 1 radical (unpaired) electrons. The van der Waals surface area contributed by atoms with Crippen molar-refractivity contribution < 1.29 is 32.7 Å². The predicted molar refractivity (Wildman–Crippen MR) is 39.5 cm³/mol. The van der Waals surface area contributed by atoms with Crippen molar-refractivity contribution in [1.82, 2.24) is 5.32 Å². The second-order valence-electron chi connectivity index (χ2n) is 2.41. The molecule has 2 heteroatoms. The van der Waals surface area contributed by atoms with Gasteiger partial charge in [-0.25, -0.2) is 18.6 Å². The molecule has 10 heavy (non-hydrogen) atoms. The first-order chi connectivity index (χ1) is 4.43. The van der Waals surface area contributed by atoms with E-state index in [0.717, 1.165) is 6.54 Å². The molecule has 1 atom stereocenters. The van der Waals surface area contributed by atoms with E-state index in [9.17, 15) is 0 Å². The Morgan fingerprint density at radius 2 is 2.50 bits per heavy atom. The molecule has 0 fully saturated rings. The Bertz CT molecular complexity index is 101. The molecule has 0 aromatic heterocycles. The summed E-state index contributed by atoms with van der Waals surface area (Å²) >= 11 is 0. The number of nitrogens with one attached hydrogen (secondary N) is 1. The Balaban J connectivity index is 0.000000810. The summed E-state index contributed by atoms with van der Waals surface area (Å²) in [7, 11) is 3.59. The van der Waals surface area contributed by atoms with Crippen molar-refractivity contribution in [3.8, 4) is 0 Å². The summed E-state index contributed by atoms with van der Waals surface area (Å²) < 4.78 is 0. The molecular formula is C8H13NY-2. The number of hydrogen-bond donors (Lipinski definition) is 1. The van der Waals surface area contributed by atoms with E-state index in [2.05, 4.69) is 30.9 Å². The number of hydrogen-bond acceptors (Lipinski definition) is 1. The minimum atomic E-state index is 0. The van der Waals surface area contributed by atoms with Gasteiger partial charge in [-0.05, 0) is 6.54 Å². The van der Waals surface area contributed by atoms with Crippen molar-refractivity contribution in [2.24, 2.45) is 5.92 Å². The van der Waals surface area contributed by atoms with Gasteiger partial charge in [0.15, 0.2) is 0 Å². The van der Waals surface area contributed by atoms with Gasteiger partial charge in [-0.15, -0.1) is 6.42 Å². The van der Waals surface area contributed by atoms with E-state index in [1.54, 1.807) is 0 Å². The fourth-order valence-electron chi connectivity index (χ4n) is 1.09. The van der Waals surface area contributed by atoms with Gasteiger partial charge in [0, 0.05) is 32.7 Å². The zero-order chi connectivity index (χ0) is 6.53. The second kappa shape index (κ2) is 6.39. The van der Waals surface area contributed by atoms with Crippen LogP contribution in [-0.2, 0) is 32.7 Å². The van der Waals surface area contributed by atoms with Crippen LogP contribution in [0.2, 0.25) is 0 Å². The molecule has 1 nitrogen and oxygen atoms in total. The number of rotatable bonds is 2. The molecule has 0 aliphatic heterocycles. The van der Waals surface area contributed by atoms with Crippen LogP contribution in [0, 0.1) is 19.4 Å². The molecule has 0 amide bonds.